The van der Waals surface area contributed by atoms with Gasteiger partial charge in [-0.15, -0.1) is 0 Å². The number of hydrogen-bond acceptors (Lipinski definition) is 3. The highest BCUT2D eigenvalue weighted by Crippen LogP contribution is 2.66. The van der Waals surface area contributed by atoms with Gasteiger partial charge in [0.25, 0.3) is 0 Å². The van der Waals surface area contributed by atoms with Crippen LogP contribution < -0.4 is 0 Å². The van der Waals surface area contributed by atoms with Gasteiger partial charge in [0.05, 0.1) is 19.8 Å². The third-order valence-electron chi connectivity index (χ3n) is 7.79. The number of hydrogen-bond donors (Lipinski definition) is 0. The van der Waals surface area contributed by atoms with Crippen molar-refractivity contribution in [3.05, 3.63) is 35.4 Å². The lowest BCUT2D eigenvalue weighted by atomic mass is 9.42. The molecular weight excluding hydrogens is 322 g/mol. The fourth-order valence-corrected chi connectivity index (χ4v) is 6.96. The molecule has 1 saturated heterocycles. The van der Waals surface area contributed by atoms with E-state index in [1.54, 1.807) is 0 Å². The molecule has 140 valence electrons. The van der Waals surface area contributed by atoms with E-state index in [9.17, 15) is 4.79 Å². The van der Waals surface area contributed by atoms with Gasteiger partial charge in [0, 0.05) is 18.5 Å². The molecular formula is C23H31NO2. The lowest BCUT2D eigenvalue weighted by molar-refractivity contribution is -0.148. The Morgan fingerprint density at radius 2 is 1.73 bits per heavy atom. The number of ketones is 1. The minimum absolute atomic E-state index is 0.0483. The Morgan fingerprint density at radius 1 is 1.08 bits per heavy atom. The average molecular weight is 354 g/mol. The third kappa shape index (κ3) is 2.75. The molecule has 4 bridgehead atoms. The predicted molar refractivity (Wildman–Crippen MR) is 102 cm³/mol. The van der Waals surface area contributed by atoms with Crippen molar-refractivity contribution < 1.29 is 9.53 Å². The Labute approximate surface area is 157 Å². The van der Waals surface area contributed by atoms with Gasteiger partial charge < -0.3 is 4.74 Å². The molecule has 4 saturated carbocycles. The molecule has 2 atom stereocenters. The quantitative estimate of drug-likeness (QED) is 0.826. The second kappa shape index (κ2) is 6.17. The zero-order chi connectivity index (χ0) is 17.8. The Hall–Kier alpha value is -1.19. The molecule has 3 nitrogen and oxygen atoms in total. The van der Waals surface area contributed by atoms with Crippen LogP contribution in [0.4, 0.5) is 0 Å². The lowest BCUT2D eigenvalue weighted by Gasteiger charge is -2.62. The van der Waals surface area contributed by atoms with Gasteiger partial charge in [-0.05, 0) is 68.3 Å². The van der Waals surface area contributed by atoms with Crippen LogP contribution in [0.15, 0.2) is 24.3 Å². The smallest absolute Gasteiger partial charge is 0.153 e. The van der Waals surface area contributed by atoms with Crippen molar-refractivity contribution in [1.29, 1.82) is 0 Å². The second-order valence-electron chi connectivity index (χ2n) is 9.70. The van der Waals surface area contributed by atoms with E-state index in [1.165, 1.54) is 30.4 Å². The molecule has 1 heterocycles. The summed E-state index contributed by atoms with van der Waals surface area (Å²) >= 11 is 0. The van der Waals surface area contributed by atoms with E-state index < -0.39 is 0 Å². The largest absolute Gasteiger partial charge is 0.379 e. The van der Waals surface area contributed by atoms with Crippen LogP contribution >= 0.6 is 0 Å². The summed E-state index contributed by atoms with van der Waals surface area (Å²) in [5.74, 6) is 2.04. The van der Waals surface area contributed by atoms with Crippen molar-refractivity contribution in [2.24, 2.45) is 17.3 Å². The Kier molecular flexibility index (Phi) is 4.02. The number of carbonyl (C=O) groups is 1. The van der Waals surface area contributed by atoms with Gasteiger partial charge in [-0.25, -0.2) is 0 Å². The maximum Gasteiger partial charge on any atom is 0.153 e. The van der Waals surface area contributed by atoms with Crippen LogP contribution in [0, 0.1) is 24.2 Å². The molecule has 0 N–H and O–H groups in total. The number of rotatable bonds is 4. The fourth-order valence-electron chi connectivity index (χ4n) is 6.96. The molecule has 1 aromatic rings. The summed E-state index contributed by atoms with van der Waals surface area (Å²) in [5, 5.41) is 0. The van der Waals surface area contributed by atoms with Crippen LogP contribution in [-0.2, 0) is 14.9 Å². The van der Waals surface area contributed by atoms with Gasteiger partial charge in [-0.2, -0.15) is 0 Å². The summed E-state index contributed by atoms with van der Waals surface area (Å²) < 4.78 is 5.46. The van der Waals surface area contributed by atoms with Crippen LogP contribution in [0.3, 0.4) is 0 Å². The first-order chi connectivity index (χ1) is 12.6. The van der Waals surface area contributed by atoms with Crippen LogP contribution in [0.1, 0.15) is 49.7 Å². The maximum absolute atomic E-state index is 13.5. The molecule has 3 heteroatoms. The van der Waals surface area contributed by atoms with Gasteiger partial charge in [-0.1, -0.05) is 29.8 Å². The van der Waals surface area contributed by atoms with E-state index in [4.69, 9.17) is 4.74 Å². The number of carbonyl (C=O) groups excluding carboxylic acids is 1. The Balaban J connectivity index is 1.42. The van der Waals surface area contributed by atoms with Crippen LogP contribution in [0.5, 0.6) is 0 Å². The van der Waals surface area contributed by atoms with E-state index in [0.29, 0.717) is 12.3 Å². The van der Waals surface area contributed by atoms with E-state index >= 15 is 0 Å². The van der Waals surface area contributed by atoms with Crippen molar-refractivity contribution in [3.8, 4) is 0 Å². The summed E-state index contributed by atoms with van der Waals surface area (Å²) in [5.41, 5.74) is 3.04. The molecule has 2 unspecified atom stereocenters. The van der Waals surface area contributed by atoms with E-state index in [2.05, 4.69) is 36.1 Å². The number of nitrogens with zero attached hydrogens (tertiary/aromatic N) is 1. The Bertz CT molecular complexity index is 675. The SMILES string of the molecule is Cc1ccc(C23CC4CC(CC(C(=O)CN5CCOCC5)(C4)C2)C3)cc1. The van der Waals surface area contributed by atoms with Crippen molar-refractivity contribution >= 4 is 5.78 Å². The second-order valence-corrected chi connectivity index (χ2v) is 9.70. The molecule has 0 radical (unpaired) electrons. The van der Waals surface area contributed by atoms with Crippen molar-refractivity contribution in [2.75, 3.05) is 32.8 Å². The number of ether oxygens (including phenoxy) is 1. The minimum Gasteiger partial charge on any atom is -0.379 e. The molecule has 0 amide bonds. The molecule has 0 spiro atoms. The molecule has 6 rings (SSSR count). The zero-order valence-corrected chi connectivity index (χ0v) is 16.0. The van der Waals surface area contributed by atoms with E-state index in [0.717, 1.165) is 57.4 Å². The summed E-state index contributed by atoms with van der Waals surface area (Å²) in [6, 6.07) is 9.22. The van der Waals surface area contributed by atoms with Crippen molar-refractivity contribution in [3.63, 3.8) is 0 Å². The maximum atomic E-state index is 13.5. The molecule has 1 aliphatic heterocycles. The standard InChI is InChI=1S/C23H31NO2/c1-17-2-4-20(5-3-17)22-11-18-10-19(12-22)14-23(13-18,16-22)21(25)15-24-6-8-26-9-7-24/h2-5,18-19H,6-16H2,1H3. The first-order valence-corrected chi connectivity index (χ1v) is 10.5. The predicted octanol–water partition coefficient (Wildman–Crippen LogP) is 3.73. The number of benzene rings is 1. The summed E-state index contributed by atoms with van der Waals surface area (Å²) in [7, 11) is 0. The topological polar surface area (TPSA) is 29.5 Å². The van der Waals surface area contributed by atoms with Gasteiger partial charge >= 0.3 is 0 Å². The molecule has 4 aliphatic carbocycles. The first kappa shape index (κ1) is 16.9. The van der Waals surface area contributed by atoms with Gasteiger partial charge in [0.2, 0.25) is 0 Å². The molecule has 26 heavy (non-hydrogen) atoms. The Morgan fingerprint density at radius 3 is 2.38 bits per heavy atom. The van der Waals surface area contributed by atoms with E-state index in [-0.39, 0.29) is 10.8 Å². The molecule has 1 aromatic carbocycles. The highest BCUT2D eigenvalue weighted by molar-refractivity contribution is 5.87. The highest BCUT2D eigenvalue weighted by atomic mass is 16.5. The highest BCUT2D eigenvalue weighted by Gasteiger charge is 2.60. The molecule has 0 aromatic heterocycles. The number of morpholine rings is 1. The van der Waals surface area contributed by atoms with Crippen molar-refractivity contribution in [2.45, 2.75) is 50.9 Å². The van der Waals surface area contributed by atoms with Gasteiger partial charge in [0.1, 0.15) is 0 Å². The fraction of sp³-hybridized carbons (Fsp3) is 0.696. The normalized spacial score (nSPS) is 39.3. The number of aryl methyl sites for hydroxylation is 1. The third-order valence-corrected chi connectivity index (χ3v) is 7.79. The van der Waals surface area contributed by atoms with Crippen LogP contribution in [0.25, 0.3) is 0 Å². The van der Waals surface area contributed by atoms with E-state index in [1.807, 2.05) is 0 Å². The first-order valence-electron chi connectivity index (χ1n) is 10.5. The zero-order valence-electron chi connectivity index (χ0n) is 16.0. The van der Waals surface area contributed by atoms with Gasteiger partial charge in [0.15, 0.2) is 5.78 Å². The summed E-state index contributed by atoms with van der Waals surface area (Å²) in [6.07, 6.45) is 7.37. The summed E-state index contributed by atoms with van der Waals surface area (Å²) in [6.45, 7) is 6.19. The van der Waals surface area contributed by atoms with Gasteiger partial charge in [-0.3, -0.25) is 9.69 Å². The number of Topliss-reactive ketones (excluding diaryl/α,β-unsaturated/α-hetero) is 1. The lowest BCUT2D eigenvalue weighted by Crippen LogP contribution is -2.58. The average Bonchev–Trinajstić information content (AvgIpc) is 2.62. The minimum atomic E-state index is -0.0483. The summed E-state index contributed by atoms with van der Waals surface area (Å²) in [4.78, 5) is 15.8. The molecule has 5 fully saturated rings. The molecule has 5 aliphatic rings. The monoisotopic (exact) mass is 353 g/mol. The van der Waals surface area contributed by atoms with Crippen LogP contribution in [-0.4, -0.2) is 43.5 Å². The van der Waals surface area contributed by atoms with Crippen molar-refractivity contribution in [1.82, 2.24) is 4.90 Å². The van der Waals surface area contributed by atoms with Crippen LogP contribution in [0.2, 0.25) is 0 Å².